The van der Waals surface area contributed by atoms with Crippen LogP contribution < -0.4 is 4.57 Å². The summed E-state index contributed by atoms with van der Waals surface area (Å²) in [6.45, 7) is 3.09. The zero-order valence-electron chi connectivity index (χ0n) is 7.72. The summed E-state index contributed by atoms with van der Waals surface area (Å²) in [5.74, 6) is -0.954. The number of ketones is 2. The zero-order chi connectivity index (χ0) is 10.4. The van der Waals surface area contributed by atoms with Crippen LogP contribution in [0.1, 0.15) is 0 Å². The first-order valence-corrected chi connectivity index (χ1v) is 4.16. The van der Waals surface area contributed by atoms with E-state index in [9.17, 15) is 9.59 Å². The third-order valence-corrected chi connectivity index (χ3v) is 1.67. The molecule has 0 bridgehead atoms. The van der Waals surface area contributed by atoms with Crippen molar-refractivity contribution in [2.45, 2.75) is 6.54 Å². The fourth-order valence-corrected chi connectivity index (χ4v) is 0.983. The summed E-state index contributed by atoms with van der Waals surface area (Å²) in [5, 5.41) is 0. The lowest BCUT2D eigenvalue weighted by Gasteiger charge is -1.93. The summed E-state index contributed by atoms with van der Waals surface area (Å²) < 4.78 is 1.64. The molecule has 1 aromatic rings. The van der Waals surface area contributed by atoms with Gasteiger partial charge in [-0.3, -0.25) is 14.6 Å². The van der Waals surface area contributed by atoms with E-state index in [2.05, 4.69) is 11.7 Å². The molecule has 0 fully saturated rings. The molecular formula is C10H11N2O2+. The average molecular weight is 191 g/mol. The molecule has 0 amide bonds. The van der Waals surface area contributed by atoms with Crippen LogP contribution in [0.15, 0.2) is 35.6 Å². The monoisotopic (exact) mass is 191 g/mol. The van der Waals surface area contributed by atoms with Crippen molar-refractivity contribution in [1.29, 1.82) is 0 Å². The molecule has 0 aliphatic rings. The Kier molecular flexibility index (Phi) is 3.67. The van der Waals surface area contributed by atoms with Crippen LogP contribution in [0.25, 0.3) is 0 Å². The van der Waals surface area contributed by atoms with Crippen molar-refractivity contribution in [2.24, 2.45) is 4.99 Å². The molecule has 1 heterocycles. The molecule has 0 saturated heterocycles. The van der Waals surface area contributed by atoms with E-state index in [1.165, 1.54) is 0 Å². The lowest BCUT2D eigenvalue weighted by molar-refractivity contribution is -0.683. The SMILES string of the molecule is C=NCC(=O)C(=O)C[n+]1ccccc1. The lowest BCUT2D eigenvalue weighted by Crippen LogP contribution is -2.40. The lowest BCUT2D eigenvalue weighted by atomic mass is 10.2. The Labute approximate surface area is 81.9 Å². The van der Waals surface area contributed by atoms with Crippen LogP contribution in [0.5, 0.6) is 0 Å². The molecule has 4 heteroatoms. The Balaban J connectivity index is 2.57. The Morgan fingerprint density at radius 1 is 1.14 bits per heavy atom. The highest BCUT2D eigenvalue weighted by Gasteiger charge is 2.16. The third-order valence-electron chi connectivity index (χ3n) is 1.67. The van der Waals surface area contributed by atoms with Gasteiger partial charge in [0.05, 0.1) is 0 Å². The van der Waals surface area contributed by atoms with Gasteiger partial charge < -0.3 is 0 Å². The van der Waals surface area contributed by atoms with Crippen LogP contribution in [0, 0.1) is 0 Å². The predicted octanol–water partition coefficient (Wildman–Crippen LogP) is -0.187. The minimum absolute atomic E-state index is 0.0647. The van der Waals surface area contributed by atoms with Gasteiger partial charge in [-0.1, -0.05) is 6.07 Å². The molecule has 0 aliphatic carbocycles. The van der Waals surface area contributed by atoms with E-state index in [0.717, 1.165) is 0 Å². The summed E-state index contributed by atoms with van der Waals surface area (Å²) in [6, 6.07) is 5.43. The van der Waals surface area contributed by atoms with Gasteiger partial charge in [0.2, 0.25) is 12.3 Å². The maximum absolute atomic E-state index is 11.2. The van der Waals surface area contributed by atoms with Gasteiger partial charge in [0.15, 0.2) is 12.4 Å². The molecule has 0 N–H and O–H groups in total. The van der Waals surface area contributed by atoms with Gasteiger partial charge in [0.1, 0.15) is 6.54 Å². The van der Waals surface area contributed by atoms with Gasteiger partial charge in [-0.25, -0.2) is 0 Å². The number of Topliss-reactive ketones (excluding diaryl/α,β-unsaturated/α-hetero) is 2. The molecule has 0 saturated carbocycles. The fraction of sp³-hybridized carbons (Fsp3) is 0.200. The van der Waals surface area contributed by atoms with E-state index in [1.54, 1.807) is 29.1 Å². The topological polar surface area (TPSA) is 50.4 Å². The molecule has 4 nitrogen and oxygen atoms in total. The minimum atomic E-state index is -0.503. The van der Waals surface area contributed by atoms with Gasteiger partial charge in [-0.15, -0.1) is 0 Å². The van der Waals surface area contributed by atoms with Gasteiger partial charge >= 0.3 is 0 Å². The van der Waals surface area contributed by atoms with Gasteiger partial charge in [-0.2, -0.15) is 4.57 Å². The molecule has 0 spiro atoms. The van der Waals surface area contributed by atoms with Gasteiger partial charge in [0, 0.05) is 12.1 Å². The second-order valence-electron chi connectivity index (χ2n) is 2.78. The van der Waals surface area contributed by atoms with Crippen molar-refractivity contribution >= 4 is 18.3 Å². The molecule has 1 aromatic heterocycles. The largest absolute Gasteiger partial charge is 0.293 e. The minimum Gasteiger partial charge on any atom is -0.293 e. The first-order chi connectivity index (χ1) is 6.74. The third kappa shape index (κ3) is 2.90. The average Bonchev–Trinajstić information content (AvgIpc) is 2.19. The highest BCUT2D eigenvalue weighted by atomic mass is 16.2. The van der Waals surface area contributed by atoms with Crippen molar-refractivity contribution in [2.75, 3.05) is 6.54 Å². The molecule has 72 valence electrons. The zero-order valence-corrected chi connectivity index (χ0v) is 7.72. The Bertz CT molecular complexity index is 346. The number of aromatic nitrogens is 1. The maximum atomic E-state index is 11.2. The number of pyridine rings is 1. The smallest absolute Gasteiger partial charge is 0.264 e. The highest BCUT2D eigenvalue weighted by Crippen LogP contribution is 1.82. The number of carbonyl (C=O) groups excluding carboxylic acids is 2. The Morgan fingerprint density at radius 2 is 1.79 bits per heavy atom. The van der Waals surface area contributed by atoms with Crippen molar-refractivity contribution in [3.63, 3.8) is 0 Å². The van der Waals surface area contributed by atoms with Crippen LogP contribution in [0.2, 0.25) is 0 Å². The van der Waals surface area contributed by atoms with E-state index in [-0.39, 0.29) is 13.1 Å². The maximum Gasteiger partial charge on any atom is 0.264 e. The molecule has 0 radical (unpaired) electrons. The van der Waals surface area contributed by atoms with Crippen LogP contribution in [0.3, 0.4) is 0 Å². The van der Waals surface area contributed by atoms with Gasteiger partial charge in [0.25, 0.3) is 5.78 Å². The number of nitrogens with zero attached hydrogens (tertiary/aromatic N) is 2. The molecule has 14 heavy (non-hydrogen) atoms. The van der Waals surface area contributed by atoms with Crippen molar-refractivity contribution in [3.05, 3.63) is 30.6 Å². The van der Waals surface area contributed by atoms with E-state index >= 15 is 0 Å². The quantitative estimate of drug-likeness (QED) is 0.368. The Hall–Kier alpha value is -1.84. The molecule has 0 unspecified atom stereocenters. The van der Waals surface area contributed by atoms with Crippen molar-refractivity contribution < 1.29 is 14.2 Å². The second-order valence-corrected chi connectivity index (χ2v) is 2.78. The first kappa shape index (κ1) is 10.2. The number of carbonyl (C=O) groups is 2. The predicted molar refractivity (Wildman–Crippen MR) is 51.1 cm³/mol. The number of hydrogen-bond acceptors (Lipinski definition) is 3. The highest BCUT2D eigenvalue weighted by molar-refractivity contribution is 6.37. The standard InChI is InChI=1S/C10H11N2O2/c1-11-7-9(13)10(14)8-12-5-3-2-4-6-12/h2-6H,1,7-8H2/q+1. The van der Waals surface area contributed by atoms with E-state index in [4.69, 9.17) is 0 Å². The summed E-state index contributed by atoms with van der Waals surface area (Å²) in [6.07, 6.45) is 3.46. The number of rotatable bonds is 5. The second kappa shape index (κ2) is 5.01. The van der Waals surface area contributed by atoms with Crippen LogP contribution in [-0.2, 0) is 16.1 Å². The van der Waals surface area contributed by atoms with E-state index in [1.807, 2.05) is 6.07 Å². The number of hydrogen-bond donors (Lipinski definition) is 0. The fourth-order valence-electron chi connectivity index (χ4n) is 0.983. The normalized spacial score (nSPS) is 9.43. The van der Waals surface area contributed by atoms with Crippen LogP contribution in [-0.4, -0.2) is 24.8 Å². The molecule has 0 atom stereocenters. The van der Waals surface area contributed by atoms with Crippen molar-refractivity contribution in [3.8, 4) is 0 Å². The Morgan fingerprint density at radius 3 is 2.36 bits per heavy atom. The molecular weight excluding hydrogens is 180 g/mol. The number of aliphatic imine (C=N–C) groups is 1. The van der Waals surface area contributed by atoms with Gasteiger partial charge in [-0.05, 0) is 6.72 Å². The molecule has 0 aliphatic heterocycles. The van der Waals surface area contributed by atoms with Crippen LogP contribution in [0.4, 0.5) is 0 Å². The summed E-state index contributed by atoms with van der Waals surface area (Å²) in [4.78, 5) is 25.7. The van der Waals surface area contributed by atoms with Crippen LogP contribution >= 0.6 is 0 Å². The van der Waals surface area contributed by atoms with E-state index in [0.29, 0.717) is 0 Å². The van der Waals surface area contributed by atoms with Crippen molar-refractivity contribution in [1.82, 2.24) is 0 Å². The molecule has 1 rings (SSSR count). The summed E-state index contributed by atoms with van der Waals surface area (Å²) in [5.41, 5.74) is 0. The van der Waals surface area contributed by atoms with E-state index < -0.39 is 11.6 Å². The summed E-state index contributed by atoms with van der Waals surface area (Å²) >= 11 is 0. The summed E-state index contributed by atoms with van der Waals surface area (Å²) in [7, 11) is 0. The molecule has 0 aromatic carbocycles. The first-order valence-electron chi connectivity index (χ1n) is 4.16.